The van der Waals surface area contributed by atoms with Gasteiger partial charge in [0.25, 0.3) is 5.91 Å². The minimum atomic E-state index is -0.269. The second kappa shape index (κ2) is 7.53. The number of amides is 1. The van der Waals surface area contributed by atoms with E-state index >= 15 is 0 Å². The zero-order valence-electron chi connectivity index (χ0n) is 14.2. The highest BCUT2D eigenvalue weighted by atomic mass is 16.1. The van der Waals surface area contributed by atoms with Gasteiger partial charge in [0.1, 0.15) is 11.5 Å². The maximum Gasteiger partial charge on any atom is 0.271 e. The Morgan fingerprint density at radius 3 is 2.68 bits per heavy atom. The lowest BCUT2D eigenvalue weighted by Crippen LogP contribution is -2.24. The molecule has 0 aliphatic carbocycles. The quantitative estimate of drug-likeness (QED) is 0.750. The molecule has 2 heterocycles. The number of carbonyl (C=O) groups excluding carboxylic acids is 1. The second-order valence-corrected chi connectivity index (χ2v) is 5.77. The highest BCUT2D eigenvalue weighted by Gasteiger charge is 2.08. The van der Waals surface area contributed by atoms with Crippen molar-refractivity contribution in [1.82, 2.24) is 20.3 Å². The standard InChI is InChI=1S/C19H19N5O/c1-13-5-6-14(2)16(8-13)24-18-12-21-17(11-22-18)19(25)23-10-15-4-3-7-20-9-15/h3-9,11-12H,10H2,1-2H3,(H,22,24)(H,23,25). The van der Waals surface area contributed by atoms with Crippen LogP contribution >= 0.6 is 0 Å². The van der Waals surface area contributed by atoms with Crippen molar-refractivity contribution in [2.24, 2.45) is 0 Å². The first-order valence-electron chi connectivity index (χ1n) is 7.95. The average Bonchev–Trinajstić information content (AvgIpc) is 2.64. The lowest BCUT2D eigenvalue weighted by atomic mass is 10.1. The Hall–Kier alpha value is -3.28. The van der Waals surface area contributed by atoms with Gasteiger partial charge in [-0.3, -0.25) is 9.78 Å². The van der Waals surface area contributed by atoms with E-state index in [-0.39, 0.29) is 11.6 Å². The van der Waals surface area contributed by atoms with Crippen LogP contribution in [-0.2, 0) is 6.54 Å². The smallest absolute Gasteiger partial charge is 0.271 e. The zero-order chi connectivity index (χ0) is 17.6. The lowest BCUT2D eigenvalue weighted by molar-refractivity contribution is 0.0945. The van der Waals surface area contributed by atoms with Crippen LogP contribution in [0.2, 0.25) is 0 Å². The van der Waals surface area contributed by atoms with Crippen molar-refractivity contribution >= 4 is 17.4 Å². The van der Waals surface area contributed by atoms with Crippen molar-refractivity contribution in [1.29, 1.82) is 0 Å². The molecule has 3 aromatic rings. The Morgan fingerprint density at radius 1 is 1.08 bits per heavy atom. The summed E-state index contributed by atoms with van der Waals surface area (Å²) in [5.74, 6) is 0.326. The van der Waals surface area contributed by atoms with Crippen molar-refractivity contribution in [3.63, 3.8) is 0 Å². The van der Waals surface area contributed by atoms with E-state index < -0.39 is 0 Å². The largest absolute Gasteiger partial charge is 0.347 e. The van der Waals surface area contributed by atoms with Crippen LogP contribution in [0.4, 0.5) is 11.5 Å². The SMILES string of the molecule is Cc1ccc(C)c(Nc2cnc(C(=O)NCc3cccnc3)cn2)c1. The van der Waals surface area contributed by atoms with Crippen molar-refractivity contribution in [3.8, 4) is 0 Å². The van der Waals surface area contributed by atoms with Crippen LogP contribution in [0.25, 0.3) is 0 Å². The molecule has 1 amide bonds. The summed E-state index contributed by atoms with van der Waals surface area (Å²) >= 11 is 0. The molecule has 126 valence electrons. The van der Waals surface area contributed by atoms with Gasteiger partial charge in [-0.25, -0.2) is 9.97 Å². The molecular formula is C19H19N5O. The van der Waals surface area contributed by atoms with Crippen LogP contribution in [0, 0.1) is 13.8 Å². The van der Waals surface area contributed by atoms with E-state index in [0.717, 1.165) is 22.4 Å². The van der Waals surface area contributed by atoms with Crippen LogP contribution in [0.15, 0.2) is 55.1 Å². The van der Waals surface area contributed by atoms with Crippen molar-refractivity contribution in [2.75, 3.05) is 5.32 Å². The van der Waals surface area contributed by atoms with Gasteiger partial charge in [-0.05, 0) is 42.7 Å². The summed E-state index contributed by atoms with van der Waals surface area (Å²) in [5.41, 5.74) is 4.45. The van der Waals surface area contributed by atoms with E-state index in [1.165, 1.54) is 6.20 Å². The number of benzene rings is 1. The summed E-state index contributed by atoms with van der Waals surface area (Å²) in [6.45, 7) is 4.46. The minimum absolute atomic E-state index is 0.269. The molecule has 0 bridgehead atoms. The number of carbonyl (C=O) groups is 1. The molecule has 2 N–H and O–H groups in total. The Bertz CT molecular complexity index is 863. The summed E-state index contributed by atoms with van der Waals surface area (Å²) in [6.07, 6.45) is 6.43. The Balaban J connectivity index is 1.63. The van der Waals surface area contributed by atoms with E-state index in [1.807, 2.05) is 38.1 Å². The molecule has 25 heavy (non-hydrogen) atoms. The monoisotopic (exact) mass is 333 g/mol. The topological polar surface area (TPSA) is 79.8 Å². The van der Waals surface area contributed by atoms with Gasteiger partial charge in [-0.15, -0.1) is 0 Å². The van der Waals surface area contributed by atoms with Crippen molar-refractivity contribution in [3.05, 3.63) is 77.5 Å². The molecule has 0 saturated carbocycles. The molecule has 0 fully saturated rings. The maximum atomic E-state index is 12.1. The summed E-state index contributed by atoms with van der Waals surface area (Å²) in [6, 6.07) is 9.88. The highest BCUT2D eigenvalue weighted by molar-refractivity contribution is 5.92. The van der Waals surface area contributed by atoms with Gasteiger partial charge in [0.05, 0.1) is 12.4 Å². The first kappa shape index (κ1) is 16.6. The molecule has 6 nitrogen and oxygen atoms in total. The Morgan fingerprint density at radius 2 is 1.96 bits per heavy atom. The molecule has 0 aliphatic rings. The van der Waals surface area contributed by atoms with Gasteiger partial charge in [0.15, 0.2) is 0 Å². The number of hydrogen-bond donors (Lipinski definition) is 2. The van der Waals surface area contributed by atoms with E-state index in [4.69, 9.17) is 0 Å². The van der Waals surface area contributed by atoms with E-state index in [9.17, 15) is 4.79 Å². The molecule has 0 saturated heterocycles. The van der Waals surface area contributed by atoms with Gasteiger partial charge in [0.2, 0.25) is 0 Å². The maximum absolute atomic E-state index is 12.1. The summed E-state index contributed by atoms with van der Waals surface area (Å²) < 4.78 is 0. The molecule has 0 atom stereocenters. The van der Waals surface area contributed by atoms with Crippen LogP contribution < -0.4 is 10.6 Å². The van der Waals surface area contributed by atoms with Crippen LogP contribution in [0.5, 0.6) is 0 Å². The van der Waals surface area contributed by atoms with Crippen LogP contribution in [0.3, 0.4) is 0 Å². The molecule has 2 aromatic heterocycles. The van der Waals surface area contributed by atoms with E-state index in [2.05, 4.69) is 31.7 Å². The highest BCUT2D eigenvalue weighted by Crippen LogP contribution is 2.20. The molecule has 0 spiro atoms. The first-order valence-corrected chi connectivity index (χ1v) is 7.95. The van der Waals surface area contributed by atoms with Gasteiger partial charge < -0.3 is 10.6 Å². The number of pyridine rings is 1. The Kier molecular flexibility index (Phi) is 4.99. The predicted molar refractivity (Wildman–Crippen MR) is 96.6 cm³/mol. The molecule has 3 rings (SSSR count). The summed E-state index contributed by atoms with van der Waals surface area (Å²) in [5, 5.41) is 6.02. The Labute approximate surface area is 146 Å². The van der Waals surface area contributed by atoms with Crippen LogP contribution in [0.1, 0.15) is 27.2 Å². The third kappa shape index (κ3) is 4.38. The summed E-state index contributed by atoms with van der Waals surface area (Å²) in [4.78, 5) is 24.6. The van der Waals surface area contributed by atoms with Gasteiger partial charge in [-0.2, -0.15) is 0 Å². The van der Waals surface area contributed by atoms with Crippen LogP contribution in [-0.4, -0.2) is 20.9 Å². The predicted octanol–water partition coefficient (Wildman–Crippen LogP) is 3.16. The van der Waals surface area contributed by atoms with Gasteiger partial charge in [-0.1, -0.05) is 18.2 Å². The lowest BCUT2D eigenvalue weighted by Gasteiger charge is -2.10. The molecule has 0 aliphatic heterocycles. The number of nitrogens with one attached hydrogen (secondary N) is 2. The normalized spacial score (nSPS) is 10.3. The fourth-order valence-corrected chi connectivity index (χ4v) is 2.29. The fraction of sp³-hybridized carbons (Fsp3) is 0.158. The third-order valence-corrected chi connectivity index (χ3v) is 3.72. The molecule has 0 unspecified atom stereocenters. The number of nitrogens with zero attached hydrogens (tertiary/aromatic N) is 3. The minimum Gasteiger partial charge on any atom is -0.347 e. The molecule has 1 aromatic carbocycles. The number of aryl methyl sites for hydroxylation is 2. The fourth-order valence-electron chi connectivity index (χ4n) is 2.29. The van der Waals surface area contributed by atoms with Gasteiger partial charge in [0, 0.05) is 24.6 Å². The van der Waals surface area contributed by atoms with Gasteiger partial charge >= 0.3 is 0 Å². The number of anilines is 2. The molecule has 6 heteroatoms. The number of hydrogen-bond acceptors (Lipinski definition) is 5. The zero-order valence-corrected chi connectivity index (χ0v) is 14.2. The first-order chi connectivity index (χ1) is 12.1. The second-order valence-electron chi connectivity index (χ2n) is 5.77. The van der Waals surface area contributed by atoms with Crippen molar-refractivity contribution in [2.45, 2.75) is 20.4 Å². The number of aromatic nitrogens is 3. The van der Waals surface area contributed by atoms with Crippen molar-refractivity contribution < 1.29 is 4.79 Å². The van der Waals surface area contributed by atoms with E-state index in [1.54, 1.807) is 18.6 Å². The van der Waals surface area contributed by atoms with E-state index in [0.29, 0.717) is 12.4 Å². The number of rotatable bonds is 5. The average molecular weight is 333 g/mol. The third-order valence-electron chi connectivity index (χ3n) is 3.72. The molecular weight excluding hydrogens is 314 g/mol. The summed E-state index contributed by atoms with van der Waals surface area (Å²) in [7, 11) is 0. The molecule has 0 radical (unpaired) electrons.